The molecule has 2 aromatic rings. The van der Waals surface area contributed by atoms with Gasteiger partial charge in [0.25, 0.3) is 0 Å². The molecule has 2 heterocycles. The van der Waals surface area contributed by atoms with Gasteiger partial charge < -0.3 is 4.42 Å². The third-order valence-corrected chi connectivity index (χ3v) is 4.99. The second kappa shape index (κ2) is 7.49. The van der Waals surface area contributed by atoms with Crippen LogP contribution in [0.4, 0.5) is 0 Å². The molecule has 130 valence electrons. The van der Waals surface area contributed by atoms with Crippen molar-refractivity contribution in [2.75, 3.05) is 32.1 Å². The van der Waals surface area contributed by atoms with E-state index in [0.29, 0.717) is 12.5 Å². The molecular weight excluding hydrogens is 322 g/mol. The highest BCUT2D eigenvalue weighted by Gasteiger charge is 2.21. The predicted octanol–water partition coefficient (Wildman–Crippen LogP) is 3.28. The van der Waals surface area contributed by atoms with E-state index in [0.717, 1.165) is 49.7 Å². The lowest BCUT2D eigenvalue weighted by atomic mass is 9.98. The Balaban J connectivity index is 1.60. The lowest BCUT2D eigenvalue weighted by molar-refractivity contribution is 0.158. The zero-order valence-corrected chi connectivity index (χ0v) is 15.2. The minimum Gasteiger partial charge on any atom is -0.439 e. The molecule has 1 aliphatic heterocycles. The molecule has 0 N–H and O–H groups in total. The summed E-state index contributed by atoms with van der Waals surface area (Å²) in [6, 6.07) is 10.0. The molecule has 1 aliphatic rings. The summed E-state index contributed by atoms with van der Waals surface area (Å²) in [5.41, 5.74) is 1.05. The second-order valence-corrected chi connectivity index (χ2v) is 9.34. The molecule has 1 saturated heterocycles. The van der Waals surface area contributed by atoms with Crippen LogP contribution in [0.15, 0.2) is 45.3 Å². The van der Waals surface area contributed by atoms with Gasteiger partial charge in [-0.1, -0.05) is 30.3 Å². The van der Waals surface area contributed by atoms with Gasteiger partial charge in [0.2, 0.25) is 5.89 Å². The largest absolute Gasteiger partial charge is 0.439 e. The van der Waals surface area contributed by atoms with Crippen molar-refractivity contribution in [1.29, 1.82) is 0 Å². The molecular formula is C18H25N3O2S. The number of benzene rings is 1. The summed E-state index contributed by atoms with van der Waals surface area (Å²) in [6.45, 7) is 3.41. The van der Waals surface area contributed by atoms with Crippen molar-refractivity contribution < 1.29 is 8.63 Å². The SMILES string of the molecule is CS(C)(=O)=NCC1CCCN(Cc2ncc(-c3ccccc3)o2)C1. The van der Waals surface area contributed by atoms with Crippen LogP contribution in [0.3, 0.4) is 0 Å². The van der Waals surface area contributed by atoms with Gasteiger partial charge in [-0.3, -0.25) is 9.11 Å². The maximum Gasteiger partial charge on any atom is 0.209 e. The average molecular weight is 347 g/mol. The highest BCUT2D eigenvalue weighted by atomic mass is 32.2. The highest BCUT2D eigenvalue weighted by Crippen LogP contribution is 2.23. The summed E-state index contributed by atoms with van der Waals surface area (Å²) in [7, 11) is -2.00. The van der Waals surface area contributed by atoms with E-state index >= 15 is 0 Å². The molecule has 1 fully saturated rings. The summed E-state index contributed by atoms with van der Waals surface area (Å²) in [6.07, 6.45) is 7.49. The molecule has 0 radical (unpaired) electrons. The number of hydrogen-bond donors (Lipinski definition) is 0. The maximum atomic E-state index is 11.7. The van der Waals surface area contributed by atoms with E-state index < -0.39 is 9.73 Å². The van der Waals surface area contributed by atoms with Crippen LogP contribution in [-0.4, -0.2) is 46.2 Å². The van der Waals surface area contributed by atoms with Crippen LogP contribution in [0.2, 0.25) is 0 Å². The van der Waals surface area contributed by atoms with E-state index in [1.807, 2.05) is 30.3 Å². The second-order valence-electron chi connectivity index (χ2n) is 6.72. The zero-order chi connectivity index (χ0) is 17.0. The van der Waals surface area contributed by atoms with Crippen molar-refractivity contribution in [1.82, 2.24) is 9.88 Å². The van der Waals surface area contributed by atoms with Crippen LogP contribution in [0.5, 0.6) is 0 Å². The van der Waals surface area contributed by atoms with Crippen LogP contribution < -0.4 is 0 Å². The Labute approximate surface area is 144 Å². The summed E-state index contributed by atoms with van der Waals surface area (Å²) in [5, 5.41) is 0. The number of likely N-dealkylation sites (tertiary alicyclic amines) is 1. The first-order valence-corrected chi connectivity index (χ1v) is 10.7. The van der Waals surface area contributed by atoms with E-state index in [4.69, 9.17) is 4.42 Å². The van der Waals surface area contributed by atoms with E-state index in [2.05, 4.69) is 14.2 Å². The van der Waals surface area contributed by atoms with Crippen LogP contribution in [-0.2, 0) is 16.3 Å². The summed E-state index contributed by atoms with van der Waals surface area (Å²) >= 11 is 0. The van der Waals surface area contributed by atoms with Gasteiger partial charge in [-0.2, -0.15) is 0 Å². The third-order valence-electron chi connectivity index (χ3n) is 4.22. The van der Waals surface area contributed by atoms with Crippen molar-refractivity contribution in [3.8, 4) is 11.3 Å². The molecule has 0 bridgehead atoms. The fourth-order valence-corrected chi connectivity index (χ4v) is 3.61. The van der Waals surface area contributed by atoms with Crippen molar-refractivity contribution >= 4 is 9.73 Å². The predicted molar refractivity (Wildman–Crippen MR) is 97.2 cm³/mol. The minimum absolute atomic E-state index is 0.475. The van der Waals surface area contributed by atoms with E-state index in [1.54, 1.807) is 18.7 Å². The Morgan fingerprint density at radius 2 is 2.12 bits per heavy atom. The zero-order valence-electron chi connectivity index (χ0n) is 14.4. The first kappa shape index (κ1) is 17.2. The Bertz CT molecular complexity index is 771. The van der Waals surface area contributed by atoms with Crippen LogP contribution in [0.25, 0.3) is 11.3 Å². The third kappa shape index (κ3) is 4.92. The molecule has 3 rings (SSSR count). The number of nitrogens with zero attached hydrogens (tertiary/aromatic N) is 3. The Hall–Kier alpha value is -1.66. The first-order valence-electron chi connectivity index (χ1n) is 8.35. The van der Waals surface area contributed by atoms with Crippen molar-refractivity contribution in [3.63, 3.8) is 0 Å². The van der Waals surface area contributed by atoms with Crippen LogP contribution >= 0.6 is 0 Å². The molecule has 1 atom stereocenters. The Morgan fingerprint density at radius 3 is 2.88 bits per heavy atom. The number of oxazole rings is 1. The van der Waals surface area contributed by atoms with Crippen LogP contribution in [0, 0.1) is 5.92 Å². The van der Waals surface area contributed by atoms with E-state index in [9.17, 15) is 4.21 Å². The molecule has 1 unspecified atom stereocenters. The van der Waals surface area contributed by atoms with Gasteiger partial charge in [-0.25, -0.2) is 9.35 Å². The molecule has 0 aliphatic carbocycles. The molecule has 0 saturated carbocycles. The lowest BCUT2D eigenvalue weighted by Gasteiger charge is -2.31. The topological polar surface area (TPSA) is 58.7 Å². The normalized spacial score (nSPS) is 19.3. The highest BCUT2D eigenvalue weighted by molar-refractivity contribution is 7.92. The Morgan fingerprint density at radius 1 is 1.33 bits per heavy atom. The molecule has 0 spiro atoms. The number of rotatable bonds is 5. The number of aromatic nitrogens is 1. The van der Waals surface area contributed by atoms with Crippen molar-refractivity contribution in [2.24, 2.45) is 10.3 Å². The summed E-state index contributed by atoms with van der Waals surface area (Å²) < 4.78 is 22.0. The quantitative estimate of drug-likeness (QED) is 0.833. The Kier molecular flexibility index (Phi) is 5.36. The minimum atomic E-state index is -2.00. The fourth-order valence-electron chi connectivity index (χ4n) is 3.04. The fraction of sp³-hybridized carbons (Fsp3) is 0.500. The van der Waals surface area contributed by atoms with Crippen molar-refractivity contribution in [3.05, 3.63) is 42.4 Å². The van der Waals surface area contributed by atoms with Gasteiger partial charge in [0.05, 0.1) is 19.3 Å². The molecule has 6 heteroatoms. The molecule has 0 amide bonds. The standard InChI is InChI=1S/C18H25N3O2S/c1-24(2,22)20-11-15-7-6-10-21(13-15)14-18-19-12-17(23-18)16-8-4-3-5-9-16/h3-5,8-9,12,15H,6-7,10-11,13-14H2,1-2H3. The van der Waals surface area contributed by atoms with E-state index in [-0.39, 0.29) is 0 Å². The van der Waals surface area contributed by atoms with E-state index in [1.165, 1.54) is 0 Å². The van der Waals surface area contributed by atoms with Gasteiger partial charge in [-0.15, -0.1) is 0 Å². The molecule has 24 heavy (non-hydrogen) atoms. The molecule has 1 aromatic heterocycles. The van der Waals surface area contributed by atoms with Gasteiger partial charge in [0, 0.05) is 34.3 Å². The van der Waals surface area contributed by atoms with Gasteiger partial charge in [0.15, 0.2) is 5.76 Å². The average Bonchev–Trinajstić information content (AvgIpc) is 3.02. The summed E-state index contributed by atoms with van der Waals surface area (Å²) in [4.78, 5) is 6.78. The van der Waals surface area contributed by atoms with Crippen molar-refractivity contribution in [2.45, 2.75) is 19.4 Å². The molecule has 1 aromatic carbocycles. The number of hydrogen-bond acceptors (Lipinski definition) is 5. The van der Waals surface area contributed by atoms with Gasteiger partial charge in [0.1, 0.15) is 0 Å². The lowest BCUT2D eigenvalue weighted by Crippen LogP contribution is -2.36. The molecule has 5 nitrogen and oxygen atoms in total. The monoisotopic (exact) mass is 347 g/mol. The van der Waals surface area contributed by atoms with Gasteiger partial charge in [-0.05, 0) is 25.3 Å². The summed E-state index contributed by atoms with van der Waals surface area (Å²) in [5.74, 6) is 2.04. The van der Waals surface area contributed by atoms with Crippen LogP contribution in [0.1, 0.15) is 18.7 Å². The maximum absolute atomic E-state index is 11.7. The smallest absolute Gasteiger partial charge is 0.209 e. The van der Waals surface area contributed by atoms with Gasteiger partial charge >= 0.3 is 0 Å². The number of piperidine rings is 1. The first-order chi connectivity index (χ1) is 11.5.